The van der Waals surface area contributed by atoms with Crippen molar-refractivity contribution in [3.05, 3.63) is 28.8 Å². The van der Waals surface area contributed by atoms with Gasteiger partial charge < -0.3 is 9.64 Å². The van der Waals surface area contributed by atoms with Crippen LogP contribution in [0, 0.1) is 0 Å². The van der Waals surface area contributed by atoms with Crippen molar-refractivity contribution in [2.75, 3.05) is 18.0 Å². The molecule has 1 aromatic carbocycles. The van der Waals surface area contributed by atoms with E-state index in [1.807, 2.05) is 6.07 Å². The zero-order chi connectivity index (χ0) is 11.8. The van der Waals surface area contributed by atoms with Gasteiger partial charge in [0.25, 0.3) is 0 Å². The SMILES string of the molecule is O=Cc1ccc(Cl)cc1N1CC2CCC(C1)O2. The summed E-state index contributed by atoms with van der Waals surface area (Å²) in [7, 11) is 0. The molecule has 2 atom stereocenters. The van der Waals surface area contributed by atoms with E-state index in [1.54, 1.807) is 12.1 Å². The summed E-state index contributed by atoms with van der Waals surface area (Å²) >= 11 is 6.01. The third kappa shape index (κ3) is 2.05. The van der Waals surface area contributed by atoms with E-state index in [-0.39, 0.29) is 0 Å². The molecule has 2 aliphatic heterocycles. The molecule has 3 nitrogen and oxygen atoms in total. The number of rotatable bonds is 2. The minimum Gasteiger partial charge on any atom is -0.371 e. The maximum atomic E-state index is 11.1. The molecule has 17 heavy (non-hydrogen) atoms. The predicted molar refractivity (Wildman–Crippen MR) is 66.9 cm³/mol. The zero-order valence-electron chi connectivity index (χ0n) is 9.43. The summed E-state index contributed by atoms with van der Waals surface area (Å²) in [6.45, 7) is 1.72. The molecule has 0 N–H and O–H groups in total. The molecule has 0 amide bonds. The first-order valence-corrected chi connectivity index (χ1v) is 6.29. The van der Waals surface area contributed by atoms with Crippen LogP contribution < -0.4 is 4.90 Å². The number of nitrogens with zero attached hydrogens (tertiary/aromatic N) is 1. The molecule has 0 aliphatic carbocycles. The Labute approximate surface area is 105 Å². The van der Waals surface area contributed by atoms with Crippen LogP contribution in [0.1, 0.15) is 23.2 Å². The third-order valence-electron chi connectivity index (χ3n) is 3.50. The number of anilines is 1. The molecule has 0 saturated carbocycles. The van der Waals surface area contributed by atoms with Gasteiger partial charge in [0.15, 0.2) is 6.29 Å². The lowest BCUT2D eigenvalue weighted by atomic mass is 10.1. The number of hydrogen-bond acceptors (Lipinski definition) is 3. The van der Waals surface area contributed by atoms with Gasteiger partial charge >= 0.3 is 0 Å². The van der Waals surface area contributed by atoms with Gasteiger partial charge in [-0.2, -0.15) is 0 Å². The molecule has 2 heterocycles. The van der Waals surface area contributed by atoms with Gasteiger partial charge in [-0.15, -0.1) is 0 Å². The number of hydrogen-bond donors (Lipinski definition) is 0. The first-order valence-electron chi connectivity index (χ1n) is 5.91. The molecule has 2 fully saturated rings. The highest BCUT2D eigenvalue weighted by Gasteiger charge is 2.34. The van der Waals surface area contributed by atoms with Crippen molar-refractivity contribution in [2.45, 2.75) is 25.0 Å². The molecule has 0 radical (unpaired) electrons. The predicted octanol–water partition coefficient (Wildman–Crippen LogP) is 2.52. The molecule has 4 heteroatoms. The Hall–Kier alpha value is -1.06. The number of morpholine rings is 1. The average molecular weight is 252 g/mol. The van der Waals surface area contributed by atoms with E-state index in [0.717, 1.165) is 37.9 Å². The molecule has 0 aromatic heterocycles. The van der Waals surface area contributed by atoms with Crippen LogP contribution in [0.2, 0.25) is 5.02 Å². The summed E-state index contributed by atoms with van der Waals surface area (Å²) in [5, 5.41) is 0.671. The fourth-order valence-electron chi connectivity index (χ4n) is 2.70. The quantitative estimate of drug-likeness (QED) is 0.757. The normalized spacial score (nSPS) is 27.2. The number of ether oxygens (including phenoxy) is 1. The summed E-state index contributed by atoms with van der Waals surface area (Å²) in [5.74, 6) is 0. The molecule has 1 aromatic rings. The summed E-state index contributed by atoms with van der Waals surface area (Å²) in [6, 6.07) is 5.40. The fraction of sp³-hybridized carbons (Fsp3) is 0.462. The Morgan fingerprint density at radius 2 is 2.00 bits per heavy atom. The molecule has 0 spiro atoms. The summed E-state index contributed by atoms with van der Waals surface area (Å²) in [6.07, 6.45) is 3.76. The fourth-order valence-corrected chi connectivity index (χ4v) is 2.87. The van der Waals surface area contributed by atoms with Crippen LogP contribution in [0.3, 0.4) is 0 Å². The van der Waals surface area contributed by atoms with Crippen LogP contribution in [-0.2, 0) is 4.74 Å². The van der Waals surface area contributed by atoms with E-state index in [0.29, 0.717) is 22.8 Å². The lowest BCUT2D eigenvalue weighted by molar-refractivity contribution is 0.0304. The van der Waals surface area contributed by atoms with Gasteiger partial charge in [0.05, 0.1) is 12.2 Å². The van der Waals surface area contributed by atoms with Crippen LogP contribution >= 0.6 is 11.6 Å². The molecule has 90 valence electrons. The van der Waals surface area contributed by atoms with Crippen LogP contribution in [0.25, 0.3) is 0 Å². The van der Waals surface area contributed by atoms with Crippen molar-refractivity contribution in [3.63, 3.8) is 0 Å². The Morgan fingerprint density at radius 3 is 2.65 bits per heavy atom. The molecular weight excluding hydrogens is 238 g/mol. The van der Waals surface area contributed by atoms with Gasteiger partial charge in [-0.25, -0.2) is 0 Å². The Kier molecular flexibility index (Phi) is 2.81. The Balaban J connectivity index is 1.93. The summed E-state index contributed by atoms with van der Waals surface area (Å²) < 4.78 is 5.79. The van der Waals surface area contributed by atoms with Crippen molar-refractivity contribution >= 4 is 23.6 Å². The Bertz CT molecular complexity index is 437. The molecule has 2 unspecified atom stereocenters. The third-order valence-corrected chi connectivity index (χ3v) is 3.74. The molecule has 2 aliphatic rings. The van der Waals surface area contributed by atoms with Crippen molar-refractivity contribution in [1.82, 2.24) is 0 Å². The standard InChI is InChI=1S/C13H14ClNO2/c14-10-2-1-9(8-16)13(5-10)15-6-11-3-4-12(7-15)17-11/h1-2,5,8,11-12H,3-4,6-7H2. The second-order valence-corrected chi connectivity index (χ2v) is 5.12. The van der Waals surface area contributed by atoms with E-state index >= 15 is 0 Å². The lowest BCUT2D eigenvalue weighted by Gasteiger charge is -2.34. The highest BCUT2D eigenvalue weighted by atomic mass is 35.5. The summed E-state index contributed by atoms with van der Waals surface area (Å²) in [4.78, 5) is 13.3. The molecule has 2 bridgehead atoms. The Morgan fingerprint density at radius 1 is 1.29 bits per heavy atom. The molecule has 2 saturated heterocycles. The zero-order valence-corrected chi connectivity index (χ0v) is 10.2. The van der Waals surface area contributed by atoms with Gasteiger partial charge in [0.2, 0.25) is 0 Å². The second-order valence-electron chi connectivity index (χ2n) is 4.68. The van der Waals surface area contributed by atoms with Crippen molar-refractivity contribution in [1.29, 1.82) is 0 Å². The van der Waals surface area contributed by atoms with Gasteiger partial charge in [0, 0.05) is 29.4 Å². The maximum absolute atomic E-state index is 11.1. The number of aldehydes is 1. The van der Waals surface area contributed by atoms with E-state index in [1.165, 1.54) is 0 Å². The van der Waals surface area contributed by atoms with Crippen LogP contribution in [0.15, 0.2) is 18.2 Å². The van der Waals surface area contributed by atoms with E-state index in [9.17, 15) is 4.79 Å². The second kappa shape index (κ2) is 4.31. The van der Waals surface area contributed by atoms with Crippen molar-refractivity contribution in [2.24, 2.45) is 0 Å². The molecular formula is C13H14ClNO2. The minimum atomic E-state index is 0.312. The first-order chi connectivity index (χ1) is 8.26. The van der Waals surface area contributed by atoms with E-state index in [2.05, 4.69) is 4.90 Å². The van der Waals surface area contributed by atoms with Gasteiger partial charge in [-0.3, -0.25) is 4.79 Å². The first kappa shape index (κ1) is 11.1. The smallest absolute Gasteiger partial charge is 0.152 e. The number of carbonyl (C=O) groups is 1. The topological polar surface area (TPSA) is 29.5 Å². The van der Waals surface area contributed by atoms with Crippen molar-refractivity contribution < 1.29 is 9.53 Å². The molecule has 3 rings (SSSR count). The minimum absolute atomic E-state index is 0.312. The van der Waals surface area contributed by atoms with Gasteiger partial charge in [-0.05, 0) is 31.0 Å². The van der Waals surface area contributed by atoms with Gasteiger partial charge in [-0.1, -0.05) is 11.6 Å². The van der Waals surface area contributed by atoms with E-state index in [4.69, 9.17) is 16.3 Å². The summed E-state index contributed by atoms with van der Waals surface area (Å²) in [5.41, 5.74) is 1.64. The monoisotopic (exact) mass is 251 g/mol. The van der Waals surface area contributed by atoms with Crippen LogP contribution in [0.4, 0.5) is 5.69 Å². The van der Waals surface area contributed by atoms with Crippen molar-refractivity contribution in [3.8, 4) is 0 Å². The van der Waals surface area contributed by atoms with Crippen LogP contribution in [0.5, 0.6) is 0 Å². The average Bonchev–Trinajstić information content (AvgIpc) is 2.68. The van der Waals surface area contributed by atoms with E-state index < -0.39 is 0 Å². The van der Waals surface area contributed by atoms with Crippen LogP contribution in [-0.4, -0.2) is 31.6 Å². The van der Waals surface area contributed by atoms with Gasteiger partial charge in [0.1, 0.15) is 0 Å². The largest absolute Gasteiger partial charge is 0.371 e. The highest BCUT2D eigenvalue weighted by Crippen LogP contribution is 2.32. The number of benzene rings is 1. The number of carbonyl (C=O) groups excluding carboxylic acids is 1. The number of halogens is 1. The maximum Gasteiger partial charge on any atom is 0.152 e. The number of fused-ring (bicyclic) bond motifs is 2. The highest BCUT2D eigenvalue weighted by molar-refractivity contribution is 6.31. The lowest BCUT2D eigenvalue weighted by Crippen LogP contribution is -2.43.